The molecule has 0 saturated heterocycles. The summed E-state index contributed by atoms with van der Waals surface area (Å²) in [5.41, 5.74) is 1.82. The number of carbonyl (C=O) groups is 3. The fourth-order valence-corrected chi connectivity index (χ4v) is 3.78. The SMILES string of the molecule is CC/C=C\CC1=C(C)[C@@H](OC(=O)C2C(/C=C(\C)C(=O)OC)C2(C)C)CC1=O. The van der Waals surface area contributed by atoms with Crippen LogP contribution in [0, 0.1) is 17.3 Å². The van der Waals surface area contributed by atoms with Crippen molar-refractivity contribution in [2.45, 2.75) is 60.0 Å². The highest BCUT2D eigenvalue weighted by Gasteiger charge is 2.62. The molecular formula is C22H30O5. The standard InChI is InChI=1S/C22H30O5/c1-7-8-9-10-15-14(3)18(12-17(15)23)27-21(25)19-16(22(19,4)5)11-13(2)20(24)26-6/h8-9,11,16,18-19H,7,10,12H2,1-6H3/b9-8-,13-11+/t16?,18-,19?/m0/s1. The molecule has 5 heteroatoms. The summed E-state index contributed by atoms with van der Waals surface area (Å²) in [6.07, 6.45) is 7.07. The largest absolute Gasteiger partial charge is 0.466 e. The number of hydrogen-bond donors (Lipinski definition) is 0. The molecule has 2 rings (SSSR count). The molecule has 148 valence electrons. The first-order chi connectivity index (χ1) is 12.6. The van der Waals surface area contributed by atoms with Crippen LogP contribution in [0.1, 0.15) is 53.9 Å². The summed E-state index contributed by atoms with van der Waals surface area (Å²) in [5.74, 6) is -1.03. The maximum absolute atomic E-state index is 12.7. The van der Waals surface area contributed by atoms with E-state index in [-0.39, 0.29) is 35.4 Å². The molecule has 3 atom stereocenters. The molecule has 1 fully saturated rings. The fraction of sp³-hybridized carbons (Fsp3) is 0.591. The molecule has 0 spiro atoms. The molecule has 5 nitrogen and oxygen atoms in total. The zero-order valence-corrected chi connectivity index (χ0v) is 17.1. The molecule has 0 aromatic rings. The van der Waals surface area contributed by atoms with Crippen LogP contribution in [0.2, 0.25) is 0 Å². The highest BCUT2D eigenvalue weighted by molar-refractivity contribution is 6.00. The van der Waals surface area contributed by atoms with E-state index in [1.165, 1.54) is 7.11 Å². The van der Waals surface area contributed by atoms with Gasteiger partial charge in [0.1, 0.15) is 6.10 Å². The van der Waals surface area contributed by atoms with E-state index in [9.17, 15) is 14.4 Å². The van der Waals surface area contributed by atoms with Crippen molar-refractivity contribution in [1.29, 1.82) is 0 Å². The van der Waals surface area contributed by atoms with Gasteiger partial charge in [-0.3, -0.25) is 9.59 Å². The quantitative estimate of drug-likeness (QED) is 0.384. The van der Waals surface area contributed by atoms with E-state index in [4.69, 9.17) is 9.47 Å². The Morgan fingerprint density at radius 1 is 1.26 bits per heavy atom. The number of ketones is 1. The molecule has 0 amide bonds. The zero-order chi connectivity index (χ0) is 20.4. The average Bonchev–Trinajstić information content (AvgIpc) is 3.05. The first-order valence-electron chi connectivity index (χ1n) is 9.50. The van der Waals surface area contributed by atoms with Crippen molar-refractivity contribution in [2.24, 2.45) is 17.3 Å². The zero-order valence-electron chi connectivity index (χ0n) is 17.1. The van der Waals surface area contributed by atoms with Crippen LogP contribution in [-0.2, 0) is 23.9 Å². The van der Waals surface area contributed by atoms with Crippen molar-refractivity contribution in [3.8, 4) is 0 Å². The van der Waals surface area contributed by atoms with E-state index in [0.717, 1.165) is 17.6 Å². The summed E-state index contributed by atoms with van der Waals surface area (Å²) in [6, 6.07) is 0. The van der Waals surface area contributed by atoms with Gasteiger partial charge in [-0.2, -0.15) is 0 Å². The van der Waals surface area contributed by atoms with Crippen LogP contribution in [0.5, 0.6) is 0 Å². The van der Waals surface area contributed by atoms with Crippen LogP contribution < -0.4 is 0 Å². The molecule has 0 N–H and O–H groups in total. The number of carbonyl (C=O) groups excluding carboxylic acids is 3. The van der Waals surface area contributed by atoms with Crippen LogP contribution in [-0.4, -0.2) is 30.9 Å². The number of Topliss-reactive ketones (excluding diaryl/α,β-unsaturated/α-hetero) is 1. The number of allylic oxidation sites excluding steroid dienone is 4. The first-order valence-corrected chi connectivity index (χ1v) is 9.50. The molecule has 0 bridgehead atoms. The Labute approximate surface area is 161 Å². The van der Waals surface area contributed by atoms with Crippen molar-refractivity contribution in [2.75, 3.05) is 7.11 Å². The van der Waals surface area contributed by atoms with E-state index in [1.54, 1.807) is 13.0 Å². The molecule has 0 aliphatic heterocycles. The van der Waals surface area contributed by atoms with E-state index in [2.05, 4.69) is 0 Å². The summed E-state index contributed by atoms with van der Waals surface area (Å²) in [4.78, 5) is 36.6. The number of hydrogen-bond acceptors (Lipinski definition) is 5. The second kappa shape index (κ2) is 8.24. The van der Waals surface area contributed by atoms with Gasteiger partial charge < -0.3 is 9.47 Å². The lowest BCUT2D eigenvalue weighted by molar-refractivity contribution is -0.150. The van der Waals surface area contributed by atoms with E-state index >= 15 is 0 Å². The third-order valence-electron chi connectivity index (χ3n) is 5.75. The van der Waals surface area contributed by atoms with E-state index < -0.39 is 12.1 Å². The Morgan fingerprint density at radius 2 is 1.93 bits per heavy atom. The fourth-order valence-electron chi connectivity index (χ4n) is 3.78. The lowest BCUT2D eigenvalue weighted by Crippen LogP contribution is -2.20. The van der Waals surface area contributed by atoms with Gasteiger partial charge in [0.15, 0.2) is 5.78 Å². The van der Waals surface area contributed by atoms with Crippen molar-refractivity contribution in [1.82, 2.24) is 0 Å². The predicted molar refractivity (Wildman–Crippen MR) is 103 cm³/mol. The molecule has 0 aromatic carbocycles. The van der Waals surface area contributed by atoms with Crippen LogP contribution in [0.4, 0.5) is 0 Å². The Kier molecular flexibility index (Phi) is 6.45. The smallest absolute Gasteiger partial charge is 0.333 e. The molecule has 2 aliphatic rings. The predicted octanol–water partition coefficient (Wildman–Crippen LogP) is 3.94. The number of esters is 2. The Hall–Kier alpha value is -2.17. The molecule has 2 unspecified atom stereocenters. The third-order valence-corrected chi connectivity index (χ3v) is 5.75. The maximum atomic E-state index is 12.7. The first kappa shape index (κ1) is 21.1. The van der Waals surface area contributed by atoms with Gasteiger partial charge in [-0.25, -0.2) is 4.79 Å². The number of ether oxygens (including phenoxy) is 2. The van der Waals surface area contributed by atoms with Crippen molar-refractivity contribution >= 4 is 17.7 Å². The lowest BCUT2D eigenvalue weighted by Gasteiger charge is -2.13. The monoisotopic (exact) mass is 374 g/mol. The minimum Gasteiger partial charge on any atom is -0.466 e. The lowest BCUT2D eigenvalue weighted by atomic mass is 10.1. The average molecular weight is 374 g/mol. The van der Waals surface area contributed by atoms with Gasteiger partial charge in [0.05, 0.1) is 19.4 Å². The normalized spacial score (nSPS) is 27.3. The van der Waals surface area contributed by atoms with Gasteiger partial charge in [0.2, 0.25) is 0 Å². The molecule has 1 saturated carbocycles. The van der Waals surface area contributed by atoms with Gasteiger partial charge in [-0.05, 0) is 43.6 Å². The van der Waals surface area contributed by atoms with Gasteiger partial charge in [0, 0.05) is 11.1 Å². The topological polar surface area (TPSA) is 69.7 Å². The molecular weight excluding hydrogens is 344 g/mol. The maximum Gasteiger partial charge on any atom is 0.333 e. The third kappa shape index (κ3) is 4.40. The Morgan fingerprint density at radius 3 is 2.52 bits per heavy atom. The van der Waals surface area contributed by atoms with E-state index in [0.29, 0.717) is 12.0 Å². The molecule has 0 heterocycles. The van der Waals surface area contributed by atoms with E-state index in [1.807, 2.05) is 39.8 Å². The van der Waals surface area contributed by atoms with Crippen LogP contribution in [0.3, 0.4) is 0 Å². The second-order valence-electron chi connectivity index (χ2n) is 7.96. The van der Waals surface area contributed by atoms with Crippen LogP contribution in [0.25, 0.3) is 0 Å². The minimum atomic E-state index is -0.474. The summed E-state index contributed by atoms with van der Waals surface area (Å²) in [5, 5.41) is 0. The summed E-state index contributed by atoms with van der Waals surface area (Å²) in [6.45, 7) is 9.56. The highest BCUT2D eigenvalue weighted by atomic mass is 16.5. The van der Waals surface area contributed by atoms with Gasteiger partial charge in [0.25, 0.3) is 0 Å². The summed E-state index contributed by atoms with van der Waals surface area (Å²) in [7, 11) is 1.34. The van der Waals surface area contributed by atoms with Gasteiger partial charge >= 0.3 is 11.9 Å². The summed E-state index contributed by atoms with van der Waals surface area (Å²) < 4.78 is 10.4. The molecule has 0 radical (unpaired) electrons. The van der Waals surface area contributed by atoms with Crippen LogP contribution in [0.15, 0.2) is 34.9 Å². The molecule has 2 aliphatic carbocycles. The Balaban J connectivity index is 2.06. The van der Waals surface area contributed by atoms with Crippen LogP contribution >= 0.6 is 0 Å². The highest BCUT2D eigenvalue weighted by Crippen LogP contribution is 2.60. The second-order valence-corrected chi connectivity index (χ2v) is 7.96. The van der Waals surface area contributed by atoms with Crippen molar-refractivity contribution < 1.29 is 23.9 Å². The minimum absolute atomic E-state index is 0.0547. The van der Waals surface area contributed by atoms with Crippen molar-refractivity contribution in [3.05, 3.63) is 34.9 Å². The molecule has 0 aromatic heterocycles. The van der Waals surface area contributed by atoms with Gasteiger partial charge in [-0.1, -0.05) is 39.0 Å². The van der Waals surface area contributed by atoms with Gasteiger partial charge in [-0.15, -0.1) is 0 Å². The molecule has 27 heavy (non-hydrogen) atoms. The summed E-state index contributed by atoms with van der Waals surface area (Å²) >= 11 is 0. The number of methoxy groups -OCH3 is 1. The van der Waals surface area contributed by atoms with Crippen molar-refractivity contribution in [3.63, 3.8) is 0 Å². The number of rotatable bonds is 7. The Bertz CT molecular complexity index is 723.